The maximum atomic E-state index is 12.0. The molecule has 4 heteroatoms. The number of amides is 1. The molecule has 1 aromatic carbocycles. The van der Waals surface area contributed by atoms with Gasteiger partial charge in [-0.05, 0) is 37.0 Å². The molecule has 0 saturated carbocycles. The Labute approximate surface area is 120 Å². The van der Waals surface area contributed by atoms with E-state index in [1.807, 2.05) is 12.1 Å². The molecule has 0 aliphatic heterocycles. The summed E-state index contributed by atoms with van der Waals surface area (Å²) in [6.45, 7) is 10.00. The maximum absolute atomic E-state index is 12.0. The molecule has 0 aliphatic rings. The smallest absolute Gasteiger partial charge is 0.328 e. The van der Waals surface area contributed by atoms with E-state index in [4.69, 9.17) is 4.74 Å². The van der Waals surface area contributed by atoms with Crippen molar-refractivity contribution < 1.29 is 14.3 Å². The number of nitrogens with one attached hydrogen (secondary N) is 1. The molecular formula is C16H23NO3. The molecule has 0 aliphatic carbocycles. The van der Waals surface area contributed by atoms with Gasteiger partial charge in [0.1, 0.15) is 6.04 Å². The Morgan fingerprint density at radius 2 is 1.75 bits per heavy atom. The molecule has 0 spiro atoms. The molecule has 4 nitrogen and oxygen atoms in total. The number of hydrogen-bond donors (Lipinski definition) is 1. The van der Waals surface area contributed by atoms with Crippen LogP contribution in [0, 0.1) is 0 Å². The Morgan fingerprint density at radius 3 is 2.20 bits per heavy atom. The number of carbonyl (C=O) groups is 2. The normalized spacial score (nSPS) is 12.7. The second kappa shape index (κ2) is 6.55. The first-order chi connectivity index (χ1) is 9.25. The average molecular weight is 277 g/mol. The van der Waals surface area contributed by atoms with Crippen molar-refractivity contribution >= 4 is 11.9 Å². The molecule has 1 rings (SSSR count). The fourth-order valence-corrected chi connectivity index (χ4v) is 1.73. The zero-order valence-corrected chi connectivity index (χ0v) is 12.8. The lowest BCUT2D eigenvalue weighted by Crippen LogP contribution is -2.39. The van der Waals surface area contributed by atoms with Crippen LogP contribution >= 0.6 is 0 Å². The summed E-state index contributed by atoms with van der Waals surface area (Å²) in [5, 5.41) is 2.63. The van der Waals surface area contributed by atoms with Crippen LogP contribution in [0.3, 0.4) is 0 Å². The van der Waals surface area contributed by atoms with E-state index in [9.17, 15) is 9.59 Å². The van der Waals surface area contributed by atoms with Crippen molar-refractivity contribution in [1.29, 1.82) is 0 Å². The molecule has 0 bridgehead atoms. The van der Waals surface area contributed by atoms with Crippen molar-refractivity contribution in [3.05, 3.63) is 35.4 Å². The molecule has 0 aromatic heterocycles. The minimum Gasteiger partial charge on any atom is -0.464 e. The van der Waals surface area contributed by atoms with Gasteiger partial charge in [0.2, 0.25) is 0 Å². The molecular weight excluding hydrogens is 254 g/mol. The number of rotatable bonds is 4. The van der Waals surface area contributed by atoms with Crippen LogP contribution in [0.25, 0.3) is 0 Å². The van der Waals surface area contributed by atoms with Crippen molar-refractivity contribution in [2.24, 2.45) is 0 Å². The number of carbonyl (C=O) groups excluding carboxylic acids is 2. The van der Waals surface area contributed by atoms with E-state index in [0.717, 1.165) is 5.56 Å². The third kappa shape index (κ3) is 4.37. The largest absolute Gasteiger partial charge is 0.464 e. The van der Waals surface area contributed by atoms with Gasteiger partial charge in [-0.1, -0.05) is 32.9 Å². The molecule has 1 aromatic rings. The van der Waals surface area contributed by atoms with Gasteiger partial charge in [0.25, 0.3) is 5.91 Å². The van der Waals surface area contributed by atoms with E-state index in [0.29, 0.717) is 12.2 Å². The van der Waals surface area contributed by atoms with Gasteiger partial charge >= 0.3 is 5.97 Å². The lowest BCUT2D eigenvalue weighted by molar-refractivity contribution is -0.144. The summed E-state index contributed by atoms with van der Waals surface area (Å²) in [6, 6.07) is 6.76. The Hall–Kier alpha value is -1.84. The number of esters is 1. The highest BCUT2D eigenvalue weighted by Crippen LogP contribution is 2.22. The predicted octanol–water partition coefficient (Wildman–Crippen LogP) is 2.67. The summed E-state index contributed by atoms with van der Waals surface area (Å²) < 4.78 is 4.85. The van der Waals surface area contributed by atoms with E-state index in [-0.39, 0.29) is 11.3 Å². The van der Waals surface area contributed by atoms with Gasteiger partial charge in [-0.25, -0.2) is 4.79 Å². The van der Waals surface area contributed by atoms with E-state index in [1.54, 1.807) is 26.0 Å². The van der Waals surface area contributed by atoms with Crippen molar-refractivity contribution in [2.75, 3.05) is 6.61 Å². The second-order valence-corrected chi connectivity index (χ2v) is 5.77. The topological polar surface area (TPSA) is 55.4 Å². The van der Waals surface area contributed by atoms with E-state index < -0.39 is 12.0 Å². The van der Waals surface area contributed by atoms with Crippen molar-refractivity contribution in [3.8, 4) is 0 Å². The molecule has 1 amide bonds. The Balaban J connectivity index is 2.71. The second-order valence-electron chi connectivity index (χ2n) is 5.77. The summed E-state index contributed by atoms with van der Waals surface area (Å²) in [5.41, 5.74) is 1.74. The van der Waals surface area contributed by atoms with Gasteiger partial charge in [0.15, 0.2) is 0 Å². The van der Waals surface area contributed by atoms with Crippen molar-refractivity contribution in [3.63, 3.8) is 0 Å². The lowest BCUT2D eigenvalue weighted by atomic mass is 9.86. The van der Waals surface area contributed by atoms with Crippen LogP contribution in [0.5, 0.6) is 0 Å². The minimum absolute atomic E-state index is 0.0488. The van der Waals surface area contributed by atoms with Crippen LogP contribution in [0.1, 0.15) is 50.5 Å². The molecule has 110 valence electrons. The first kappa shape index (κ1) is 16.2. The van der Waals surface area contributed by atoms with E-state index >= 15 is 0 Å². The van der Waals surface area contributed by atoms with Crippen LogP contribution in [0.15, 0.2) is 24.3 Å². The minimum atomic E-state index is -0.648. The number of benzene rings is 1. The monoisotopic (exact) mass is 277 g/mol. The zero-order chi connectivity index (χ0) is 15.3. The highest BCUT2D eigenvalue weighted by atomic mass is 16.5. The molecule has 0 radical (unpaired) electrons. The molecule has 1 N–H and O–H groups in total. The van der Waals surface area contributed by atoms with Crippen LogP contribution < -0.4 is 5.32 Å². The van der Waals surface area contributed by atoms with Crippen molar-refractivity contribution in [2.45, 2.75) is 46.1 Å². The van der Waals surface area contributed by atoms with Gasteiger partial charge < -0.3 is 10.1 Å². The fraction of sp³-hybridized carbons (Fsp3) is 0.500. The number of hydrogen-bond acceptors (Lipinski definition) is 3. The third-order valence-corrected chi connectivity index (χ3v) is 3.00. The number of ether oxygens (including phenoxy) is 1. The van der Waals surface area contributed by atoms with Crippen molar-refractivity contribution in [1.82, 2.24) is 5.32 Å². The lowest BCUT2D eigenvalue weighted by Gasteiger charge is -2.19. The third-order valence-electron chi connectivity index (χ3n) is 3.00. The Bertz CT molecular complexity index is 471. The quantitative estimate of drug-likeness (QED) is 0.861. The summed E-state index contributed by atoms with van der Waals surface area (Å²) in [7, 11) is 0. The van der Waals surface area contributed by atoms with Crippen LogP contribution in [0.2, 0.25) is 0 Å². The van der Waals surface area contributed by atoms with Gasteiger partial charge in [-0.2, -0.15) is 0 Å². The van der Waals surface area contributed by atoms with Gasteiger partial charge in [0, 0.05) is 5.56 Å². The summed E-state index contributed by atoms with van der Waals surface area (Å²) in [5.74, 6) is -0.696. The zero-order valence-electron chi connectivity index (χ0n) is 12.8. The molecule has 20 heavy (non-hydrogen) atoms. The Morgan fingerprint density at radius 1 is 1.20 bits per heavy atom. The summed E-state index contributed by atoms with van der Waals surface area (Å²) >= 11 is 0. The molecule has 0 saturated heterocycles. The molecule has 0 fully saturated rings. The van der Waals surface area contributed by atoms with E-state index in [1.165, 1.54) is 0 Å². The molecule has 1 atom stereocenters. The maximum Gasteiger partial charge on any atom is 0.328 e. The van der Waals surface area contributed by atoms with E-state index in [2.05, 4.69) is 26.1 Å². The fourth-order valence-electron chi connectivity index (χ4n) is 1.73. The van der Waals surface area contributed by atoms with Crippen LogP contribution in [-0.2, 0) is 14.9 Å². The van der Waals surface area contributed by atoms with Crippen LogP contribution in [-0.4, -0.2) is 24.5 Å². The Kier molecular flexibility index (Phi) is 5.31. The molecule has 0 heterocycles. The van der Waals surface area contributed by atoms with Crippen LogP contribution in [0.4, 0.5) is 0 Å². The first-order valence-corrected chi connectivity index (χ1v) is 6.83. The van der Waals surface area contributed by atoms with Gasteiger partial charge in [0.05, 0.1) is 6.61 Å². The summed E-state index contributed by atoms with van der Waals surface area (Å²) in [4.78, 5) is 23.5. The highest BCUT2D eigenvalue weighted by Gasteiger charge is 2.18. The SMILES string of the molecule is CCOC(=O)C(C)NC(=O)c1ccc(C(C)(C)C)cc1. The summed E-state index contributed by atoms with van der Waals surface area (Å²) in [6.07, 6.45) is 0. The average Bonchev–Trinajstić information content (AvgIpc) is 2.38. The molecule has 1 unspecified atom stereocenters. The highest BCUT2D eigenvalue weighted by molar-refractivity contribution is 5.96. The first-order valence-electron chi connectivity index (χ1n) is 6.83. The van der Waals surface area contributed by atoms with Gasteiger partial charge in [-0.3, -0.25) is 4.79 Å². The predicted molar refractivity (Wildman–Crippen MR) is 78.7 cm³/mol. The van der Waals surface area contributed by atoms with Gasteiger partial charge in [-0.15, -0.1) is 0 Å². The standard InChI is InChI=1S/C16H23NO3/c1-6-20-15(19)11(2)17-14(18)12-7-9-13(10-8-12)16(3,4)5/h7-11H,6H2,1-5H3,(H,17,18).